The van der Waals surface area contributed by atoms with Crippen LogP contribution >= 0.6 is 11.6 Å². The highest BCUT2D eigenvalue weighted by molar-refractivity contribution is 6.30. The van der Waals surface area contributed by atoms with Gasteiger partial charge in [0.15, 0.2) is 5.69 Å². The minimum atomic E-state index is -0.268. The highest BCUT2D eigenvalue weighted by atomic mass is 35.5. The van der Waals surface area contributed by atoms with Crippen molar-refractivity contribution in [2.45, 2.75) is 26.3 Å². The summed E-state index contributed by atoms with van der Waals surface area (Å²) >= 11 is 5.77. The molecule has 0 saturated heterocycles. The molecule has 0 aliphatic carbocycles. The first-order chi connectivity index (χ1) is 9.29. The van der Waals surface area contributed by atoms with Gasteiger partial charge in [-0.2, -0.15) is 0 Å². The summed E-state index contributed by atoms with van der Waals surface area (Å²) in [7, 11) is 1.63. The van der Waals surface area contributed by atoms with Crippen LogP contribution < -0.4 is 4.90 Å². The maximum Gasteiger partial charge on any atom is 0.281 e. The van der Waals surface area contributed by atoms with Gasteiger partial charge >= 0.3 is 0 Å². The van der Waals surface area contributed by atoms with E-state index in [1.54, 1.807) is 30.1 Å². The number of hydrogen-bond acceptors (Lipinski definition) is 4. The molecule has 0 spiro atoms. The second-order valence-electron chi connectivity index (χ2n) is 5.42. The van der Waals surface area contributed by atoms with Crippen LogP contribution in [-0.2, 0) is 5.54 Å². The van der Waals surface area contributed by atoms with Crippen molar-refractivity contribution in [2.75, 3.05) is 11.9 Å². The number of hydrogen-bond donors (Lipinski definition) is 0. The van der Waals surface area contributed by atoms with Crippen molar-refractivity contribution in [3.63, 3.8) is 0 Å². The molecule has 1 amide bonds. The molecule has 0 N–H and O–H groups in total. The Morgan fingerprint density at radius 1 is 1.35 bits per heavy atom. The molecular formula is C13H16ClN5O. The Kier molecular flexibility index (Phi) is 3.76. The van der Waals surface area contributed by atoms with Crippen LogP contribution in [0.25, 0.3) is 0 Å². The smallest absolute Gasteiger partial charge is 0.281 e. The van der Waals surface area contributed by atoms with Crippen LogP contribution in [0, 0.1) is 0 Å². The number of anilines is 1. The Balaban J connectivity index is 2.23. The summed E-state index contributed by atoms with van der Waals surface area (Å²) in [5.74, 6) is 0.236. The predicted molar refractivity (Wildman–Crippen MR) is 77.0 cm³/mol. The van der Waals surface area contributed by atoms with E-state index in [4.69, 9.17) is 11.6 Å². The first-order valence-corrected chi connectivity index (χ1v) is 6.49. The van der Waals surface area contributed by atoms with E-state index in [1.807, 2.05) is 20.8 Å². The van der Waals surface area contributed by atoms with Crippen LogP contribution in [0.15, 0.2) is 24.5 Å². The zero-order valence-electron chi connectivity index (χ0n) is 11.8. The molecule has 2 aromatic rings. The molecule has 20 heavy (non-hydrogen) atoms. The Morgan fingerprint density at radius 2 is 2.05 bits per heavy atom. The third kappa shape index (κ3) is 2.96. The number of halogens is 1. The zero-order valence-corrected chi connectivity index (χ0v) is 12.6. The van der Waals surface area contributed by atoms with E-state index in [-0.39, 0.29) is 17.1 Å². The molecule has 0 aromatic carbocycles. The lowest BCUT2D eigenvalue weighted by atomic mass is 10.1. The van der Waals surface area contributed by atoms with Crippen LogP contribution in [0.1, 0.15) is 31.3 Å². The second kappa shape index (κ2) is 5.20. The molecule has 0 aliphatic heterocycles. The van der Waals surface area contributed by atoms with E-state index < -0.39 is 0 Å². The third-order valence-electron chi connectivity index (χ3n) is 2.76. The predicted octanol–water partition coefficient (Wildman–Crippen LogP) is 2.36. The number of nitrogens with zero attached hydrogens (tertiary/aromatic N) is 5. The first-order valence-electron chi connectivity index (χ1n) is 6.11. The highest BCUT2D eigenvalue weighted by Gasteiger charge is 2.21. The van der Waals surface area contributed by atoms with Crippen LogP contribution in [0.2, 0.25) is 5.02 Å². The number of rotatable bonds is 2. The molecule has 0 fully saturated rings. The molecular weight excluding hydrogens is 278 g/mol. The Morgan fingerprint density at radius 3 is 2.55 bits per heavy atom. The van der Waals surface area contributed by atoms with Crippen LogP contribution in [0.4, 0.5) is 5.82 Å². The number of pyridine rings is 1. The molecule has 106 valence electrons. The molecule has 0 atom stereocenters. The van der Waals surface area contributed by atoms with E-state index >= 15 is 0 Å². The average molecular weight is 294 g/mol. The van der Waals surface area contributed by atoms with Gasteiger partial charge in [-0.05, 0) is 32.9 Å². The maximum atomic E-state index is 12.3. The van der Waals surface area contributed by atoms with Crippen LogP contribution in [0.5, 0.6) is 0 Å². The second-order valence-corrected chi connectivity index (χ2v) is 5.85. The van der Waals surface area contributed by atoms with Gasteiger partial charge in [0.1, 0.15) is 5.82 Å². The van der Waals surface area contributed by atoms with Crippen molar-refractivity contribution in [3.05, 3.63) is 35.2 Å². The first kappa shape index (κ1) is 14.5. The van der Waals surface area contributed by atoms with Crippen molar-refractivity contribution in [3.8, 4) is 0 Å². The van der Waals surface area contributed by atoms with Gasteiger partial charge in [0.25, 0.3) is 5.91 Å². The molecule has 2 rings (SSSR count). The largest absolute Gasteiger partial charge is 0.294 e. The highest BCUT2D eigenvalue weighted by Crippen LogP contribution is 2.16. The van der Waals surface area contributed by atoms with E-state index in [0.29, 0.717) is 10.8 Å². The average Bonchev–Trinajstić information content (AvgIpc) is 2.87. The third-order valence-corrected chi connectivity index (χ3v) is 2.98. The van der Waals surface area contributed by atoms with Crippen molar-refractivity contribution >= 4 is 23.3 Å². The standard InChI is InChI=1S/C13H16ClN5O/c1-13(2,3)19-8-10(16-17-19)12(20)18(4)11-6-5-9(14)7-15-11/h5-8H,1-4H3. The van der Waals surface area contributed by atoms with Crippen molar-refractivity contribution in [2.24, 2.45) is 0 Å². The van der Waals surface area contributed by atoms with Crippen molar-refractivity contribution in [1.29, 1.82) is 0 Å². The van der Waals surface area contributed by atoms with Crippen molar-refractivity contribution in [1.82, 2.24) is 20.0 Å². The van der Waals surface area contributed by atoms with Crippen LogP contribution in [-0.4, -0.2) is 32.9 Å². The van der Waals surface area contributed by atoms with E-state index in [1.165, 1.54) is 11.1 Å². The minimum Gasteiger partial charge on any atom is -0.294 e. The summed E-state index contributed by atoms with van der Waals surface area (Å²) in [6, 6.07) is 3.36. The van der Waals surface area contributed by atoms with Crippen LogP contribution in [0.3, 0.4) is 0 Å². The quantitative estimate of drug-likeness (QED) is 0.852. The molecule has 6 nitrogen and oxygen atoms in total. The molecule has 7 heteroatoms. The lowest BCUT2D eigenvalue weighted by Gasteiger charge is -2.17. The topological polar surface area (TPSA) is 63.9 Å². The summed E-state index contributed by atoms with van der Waals surface area (Å²) in [5.41, 5.74) is 0.0574. The van der Waals surface area contributed by atoms with Gasteiger partial charge in [0, 0.05) is 13.2 Å². The molecule has 0 aliphatic rings. The summed E-state index contributed by atoms with van der Waals surface area (Å²) in [6.07, 6.45) is 3.13. The number of aromatic nitrogens is 4. The minimum absolute atomic E-state index is 0.220. The molecule has 0 unspecified atom stereocenters. The fourth-order valence-electron chi connectivity index (χ4n) is 1.53. The lowest BCUT2D eigenvalue weighted by molar-refractivity contribution is 0.0987. The van der Waals surface area contributed by atoms with Crippen molar-refractivity contribution < 1.29 is 4.79 Å². The summed E-state index contributed by atoms with van der Waals surface area (Å²) in [6.45, 7) is 5.96. The molecule has 0 saturated carbocycles. The van der Waals surface area contributed by atoms with Gasteiger partial charge in [-0.15, -0.1) is 5.10 Å². The number of carbonyl (C=O) groups is 1. The Labute approximate surface area is 122 Å². The monoisotopic (exact) mass is 293 g/mol. The van der Waals surface area contributed by atoms with Gasteiger partial charge in [-0.25, -0.2) is 9.67 Å². The Hall–Kier alpha value is -1.95. The summed E-state index contributed by atoms with van der Waals surface area (Å²) < 4.78 is 1.66. The summed E-state index contributed by atoms with van der Waals surface area (Å²) in [5, 5.41) is 8.41. The Bertz CT molecular complexity index is 614. The maximum absolute atomic E-state index is 12.3. The van der Waals surface area contributed by atoms with E-state index in [2.05, 4.69) is 15.3 Å². The lowest BCUT2D eigenvalue weighted by Crippen LogP contribution is -2.27. The van der Waals surface area contributed by atoms with Gasteiger partial charge in [-0.1, -0.05) is 16.8 Å². The summed E-state index contributed by atoms with van der Waals surface area (Å²) in [4.78, 5) is 17.8. The zero-order chi connectivity index (χ0) is 14.9. The van der Waals surface area contributed by atoms with Gasteiger partial charge in [0.05, 0.1) is 16.8 Å². The molecule has 0 bridgehead atoms. The molecule has 2 heterocycles. The normalized spacial score (nSPS) is 11.4. The van der Waals surface area contributed by atoms with E-state index in [9.17, 15) is 4.79 Å². The number of carbonyl (C=O) groups excluding carboxylic acids is 1. The fourth-order valence-corrected chi connectivity index (χ4v) is 1.64. The fraction of sp³-hybridized carbons (Fsp3) is 0.385. The van der Waals surface area contributed by atoms with Gasteiger partial charge in [-0.3, -0.25) is 9.69 Å². The number of amides is 1. The molecule has 0 radical (unpaired) electrons. The van der Waals surface area contributed by atoms with Gasteiger partial charge < -0.3 is 0 Å². The van der Waals surface area contributed by atoms with Gasteiger partial charge in [0.2, 0.25) is 0 Å². The molecule has 2 aromatic heterocycles. The SMILES string of the molecule is CN(C(=O)c1cn(C(C)(C)C)nn1)c1ccc(Cl)cn1. The van der Waals surface area contributed by atoms with E-state index in [0.717, 1.165) is 0 Å².